The van der Waals surface area contributed by atoms with Crippen molar-refractivity contribution in [2.75, 3.05) is 6.79 Å². The van der Waals surface area contributed by atoms with Crippen molar-refractivity contribution in [2.24, 2.45) is 0 Å². The van der Waals surface area contributed by atoms with Gasteiger partial charge in [0.15, 0.2) is 23.0 Å². The van der Waals surface area contributed by atoms with Gasteiger partial charge in [-0.15, -0.1) is 0 Å². The number of rotatable bonds is 8. The predicted octanol–water partition coefficient (Wildman–Crippen LogP) is 5.08. The Morgan fingerprint density at radius 3 is 2.68 bits per heavy atom. The number of carbonyl (C=O) groups excluding carboxylic acids is 2. The predicted molar refractivity (Wildman–Crippen MR) is 126 cm³/mol. The molecular weight excluding hydrogens is 481 g/mol. The van der Waals surface area contributed by atoms with E-state index >= 15 is 0 Å². The molecule has 0 radical (unpaired) electrons. The number of ether oxygens (including phenoxy) is 2. The summed E-state index contributed by atoms with van der Waals surface area (Å²) in [5.41, 5.74) is 1.32. The van der Waals surface area contributed by atoms with Crippen LogP contribution in [-0.2, 0) is 13.1 Å². The third kappa shape index (κ3) is 5.29. The molecule has 1 aliphatic heterocycles. The van der Waals surface area contributed by atoms with Gasteiger partial charge in [-0.05, 0) is 49.2 Å². The van der Waals surface area contributed by atoms with Gasteiger partial charge in [0, 0.05) is 23.7 Å². The molecule has 1 aromatic heterocycles. The van der Waals surface area contributed by atoms with E-state index in [1.165, 1.54) is 12.1 Å². The molecule has 10 heteroatoms. The van der Waals surface area contributed by atoms with Crippen LogP contribution in [0.1, 0.15) is 52.4 Å². The number of amides is 2. The lowest BCUT2D eigenvalue weighted by Gasteiger charge is -2.28. The second kappa shape index (κ2) is 10.4. The Bertz CT molecular complexity index is 1210. The molecule has 0 saturated heterocycles. The maximum absolute atomic E-state index is 13.2. The minimum atomic E-state index is -0.394. The highest BCUT2D eigenvalue weighted by molar-refractivity contribution is 6.36. The average Bonchev–Trinajstić information content (AvgIpc) is 3.49. The van der Waals surface area contributed by atoms with Crippen molar-refractivity contribution in [3.05, 3.63) is 75.1 Å². The van der Waals surface area contributed by atoms with Crippen molar-refractivity contribution >= 4 is 35.0 Å². The molecule has 3 aromatic rings. The van der Waals surface area contributed by atoms with Crippen molar-refractivity contribution in [2.45, 2.75) is 39.4 Å². The van der Waals surface area contributed by atoms with Crippen LogP contribution in [0.3, 0.4) is 0 Å². The van der Waals surface area contributed by atoms with Gasteiger partial charge in [0.25, 0.3) is 11.8 Å². The number of hydrogen-bond acceptors (Lipinski definition) is 6. The number of carbonyl (C=O) groups is 2. The first-order valence-electron chi connectivity index (χ1n) is 10.7. The Morgan fingerprint density at radius 1 is 1.12 bits per heavy atom. The molecule has 0 bridgehead atoms. The molecule has 0 fully saturated rings. The highest BCUT2D eigenvalue weighted by Gasteiger charge is 2.25. The maximum Gasteiger partial charge on any atom is 0.273 e. The smallest absolute Gasteiger partial charge is 0.273 e. The molecule has 0 spiro atoms. The largest absolute Gasteiger partial charge is 0.454 e. The van der Waals surface area contributed by atoms with Crippen molar-refractivity contribution in [3.63, 3.8) is 0 Å². The Morgan fingerprint density at radius 2 is 1.91 bits per heavy atom. The zero-order valence-electron chi connectivity index (χ0n) is 18.6. The van der Waals surface area contributed by atoms with Gasteiger partial charge in [-0.2, -0.15) is 0 Å². The summed E-state index contributed by atoms with van der Waals surface area (Å²) in [6, 6.07) is 11.6. The van der Waals surface area contributed by atoms with E-state index in [0.717, 1.165) is 5.56 Å². The first kappa shape index (κ1) is 23.9. The molecule has 2 amide bonds. The topological polar surface area (TPSA) is 93.9 Å². The van der Waals surface area contributed by atoms with Gasteiger partial charge in [0.1, 0.15) is 0 Å². The highest BCUT2D eigenvalue weighted by atomic mass is 35.5. The highest BCUT2D eigenvalue weighted by Crippen LogP contribution is 2.32. The molecule has 2 aromatic carbocycles. The number of halogens is 2. The van der Waals surface area contributed by atoms with Gasteiger partial charge in [0.2, 0.25) is 6.79 Å². The summed E-state index contributed by atoms with van der Waals surface area (Å²) in [5.74, 6) is 1.05. The summed E-state index contributed by atoms with van der Waals surface area (Å²) >= 11 is 12.2. The Balaban J connectivity index is 1.42. The molecule has 0 aliphatic carbocycles. The fourth-order valence-corrected chi connectivity index (χ4v) is 3.94. The monoisotopic (exact) mass is 503 g/mol. The molecule has 1 unspecified atom stereocenters. The van der Waals surface area contributed by atoms with Crippen LogP contribution >= 0.6 is 23.2 Å². The molecule has 1 N–H and O–H groups in total. The van der Waals surface area contributed by atoms with Gasteiger partial charge >= 0.3 is 0 Å². The quantitative estimate of drug-likeness (QED) is 0.460. The van der Waals surface area contributed by atoms with Crippen LogP contribution in [0, 0.1) is 0 Å². The van der Waals surface area contributed by atoms with Crippen LogP contribution < -0.4 is 14.8 Å². The van der Waals surface area contributed by atoms with Crippen LogP contribution in [0.5, 0.6) is 11.5 Å². The van der Waals surface area contributed by atoms with Gasteiger partial charge in [-0.3, -0.25) is 9.59 Å². The summed E-state index contributed by atoms with van der Waals surface area (Å²) < 4.78 is 16.0. The SMILES string of the molecule is CCC(C)N(Cc1cc(C(=O)NCc2ccc3c(c2)OCO3)no1)C(=O)c1ccc(Cl)cc1Cl. The van der Waals surface area contributed by atoms with Crippen LogP contribution in [0.25, 0.3) is 0 Å². The molecule has 1 atom stereocenters. The number of benzene rings is 2. The standard InChI is InChI=1S/C24H23Cl2N3O5/c1-3-14(2)29(24(31)18-6-5-16(25)9-19(18)26)12-17-10-20(28-34-17)23(30)27-11-15-4-7-21-22(8-15)33-13-32-21/h4-10,14H,3,11-13H2,1-2H3,(H,27,30). The van der Waals surface area contributed by atoms with Gasteiger partial charge in [0.05, 0.1) is 17.1 Å². The van der Waals surface area contributed by atoms with E-state index < -0.39 is 5.91 Å². The summed E-state index contributed by atoms with van der Waals surface area (Å²) in [6.07, 6.45) is 0.716. The normalized spacial score (nSPS) is 12.9. The van der Waals surface area contributed by atoms with E-state index in [0.29, 0.717) is 34.3 Å². The average molecular weight is 504 g/mol. The molecule has 34 heavy (non-hydrogen) atoms. The number of hydrogen-bond donors (Lipinski definition) is 1. The third-order valence-electron chi connectivity index (χ3n) is 5.55. The maximum atomic E-state index is 13.2. The summed E-state index contributed by atoms with van der Waals surface area (Å²) in [5, 5.41) is 7.39. The van der Waals surface area contributed by atoms with E-state index in [1.807, 2.05) is 26.0 Å². The third-order valence-corrected chi connectivity index (χ3v) is 6.10. The van der Waals surface area contributed by atoms with E-state index in [2.05, 4.69) is 10.5 Å². The van der Waals surface area contributed by atoms with E-state index in [1.54, 1.807) is 23.1 Å². The Labute approximate surface area is 206 Å². The van der Waals surface area contributed by atoms with E-state index in [4.69, 9.17) is 37.2 Å². The number of nitrogens with one attached hydrogen (secondary N) is 1. The molecule has 1 aliphatic rings. The first-order chi connectivity index (χ1) is 16.4. The number of fused-ring (bicyclic) bond motifs is 1. The molecule has 2 heterocycles. The Kier molecular flexibility index (Phi) is 7.29. The molecule has 178 valence electrons. The van der Waals surface area contributed by atoms with Crippen LogP contribution in [-0.4, -0.2) is 34.7 Å². The zero-order chi connectivity index (χ0) is 24.2. The summed E-state index contributed by atoms with van der Waals surface area (Å²) in [7, 11) is 0. The van der Waals surface area contributed by atoms with Crippen LogP contribution in [0.4, 0.5) is 0 Å². The minimum absolute atomic E-state index is 0.104. The Hall–Kier alpha value is -3.23. The van der Waals surface area contributed by atoms with Crippen LogP contribution in [0.15, 0.2) is 47.0 Å². The van der Waals surface area contributed by atoms with E-state index in [-0.39, 0.29) is 42.5 Å². The summed E-state index contributed by atoms with van der Waals surface area (Å²) in [4.78, 5) is 27.4. The summed E-state index contributed by atoms with van der Waals surface area (Å²) in [6.45, 7) is 4.51. The second-order valence-corrected chi connectivity index (χ2v) is 8.71. The van der Waals surface area contributed by atoms with Crippen LogP contribution in [0.2, 0.25) is 10.0 Å². The molecule has 8 nitrogen and oxygen atoms in total. The lowest BCUT2D eigenvalue weighted by atomic mass is 10.1. The van der Waals surface area contributed by atoms with Crippen molar-refractivity contribution in [3.8, 4) is 11.5 Å². The molecular formula is C24H23Cl2N3O5. The minimum Gasteiger partial charge on any atom is -0.454 e. The first-order valence-corrected chi connectivity index (χ1v) is 11.5. The lowest BCUT2D eigenvalue weighted by Crippen LogP contribution is -2.37. The number of aromatic nitrogens is 1. The van der Waals surface area contributed by atoms with Gasteiger partial charge in [-0.25, -0.2) is 0 Å². The van der Waals surface area contributed by atoms with Crippen molar-refractivity contribution < 1.29 is 23.6 Å². The molecule has 0 saturated carbocycles. The molecule has 4 rings (SSSR count). The number of nitrogens with zero attached hydrogens (tertiary/aromatic N) is 2. The van der Waals surface area contributed by atoms with Crippen molar-refractivity contribution in [1.29, 1.82) is 0 Å². The fourth-order valence-electron chi connectivity index (χ4n) is 3.45. The lowest BCUT2D eigenvalue weighted by molar-refractivity contribution is 0.0651. The van der Waals surface area contributed by atoms with Gasteiger partial charge in [-0.1, -0.05) is 41.3 Å². The van der Waals surface area contributed by atoms with Gasteiger partial charge < -0.3 is 24.2 Å². The van der Waals surface area contributed by atoms with Crippen molar-refractivity contribution in [1.82, 2.24) is 15.4 Å². The zero-order valence-corrected chi connectivity index (χ0v) is 20.2. The fraction of sp³-hybridized carbons (Fsp3) is 0.292. The van der Waals surface area contributed by atoms with E-state index in [9.17, 15) is 9.59 Å². The second-order valence-electron chi connectivity index (χ2n) is 7.86.